The van der Waals surface area contributed by atoms with Gasteiger partial charge < -0.3 is 9.80 Å². The predicted molar refractivity (Wildman–Crippen MR) is 120 cm³/mol. The standard InChI is InChI=1S/C24H25N5O/c1-2-29(22-11-5-8-19-7-3-4-10-21(19)22)23(30)18-27-13-15-28(16-14-27)24-20(17-25)9-6-12-26-24/h3-12H,2,13-16,18H2,1H3. The molecule has 0 aliphatic carbocycles. The van der Waals surface area contributed by atoms with Crippen LogP contribution in [0.5, 0.6) is 0 Å². The van der Waals surface area contributed by atoms with E-state index in [1.54, 1.807) is 18.3 Å². The van der Waals surface area contributed by atoms with Crippen LogP contribution in [0, 0.1) is 11.3 Å². The maximum Gasteiger partial charge on any atom is 0.241 e. The first-order valence-corrected chi connectivity index (χ1v) is 10.3. The topological polar surface area (TPSA) is 63.5 Å². The van der Waals surface area contributed by atoms with Crippen LogP contribution in [0.25, 0.3) is 10.8 Å². The van der Waals surface area contributed by atoms with E-state index in [-0.39, 0.29) is 5.91 Å². The van der Waals surface area contributed by atoms with E-state index in [4.69, 9.17) is 0 Å². The maximum atomic E-state index is 13.2. The number of hydrogen-bond acceptors (Lipinski definition) is 5. The molecule has 0 radical (unpaired) electrons. The summed E-state index contributed by atoms with van der Waals surface area (Å²) >= 11 is 0. The van der Waals surface area contributed by atoms with Crippen molar-refractivity contribution in [2.75, 3.05) is 49.1 Å². The Balaban J connectivity index is 1.43. The molecule has 152 valence electrons. The largest absolute Gasteiger partial charge is 0.353 e. The molecule has 2 heterocycles. The zero-order valence-electron chi connectivity index (χ0n) is 17.2. The molecule has 4 rings (SSSR count). The fraction of sp³-hybridized carbons (Fsp3) is 0.292. The molecule has 0 atom stereocenters. The van der Waals surface area contributed by atoms with Crippen molar-refractivity contribution in [1.82, 2.24) is 9.88 Å². The molecule has 30 heavy (non-hydrogen) atoms. The second-order valence-electron chi connectivity index (χ2n) is 7.39. The summed E-state index contributed by atoms with van der Waals surface area (Å²) in [7, 11) is 0. The molecule has 0 N–H and O–H groups in total. The van der Waals surface area contributed by atoms with E-state index in [0.29, 0.717) is 18.7 Å². The van der Waals surface area contributed by atoms with E-state index in [1.807, 2.05) is 36.1 Å². The van der Waals surface area contributed by atoms with Crippen LogP contribution >= 0.6 is 0 Å². The molecule has 1 aliphatic rings. The fourth-order valence-corrected chi connectivity index (χ4v) is 4.06. The van der Waals surface area contributed by atoms with Gasteiger partial charge in [-0.3, -0.25) is 9.69 Å². The molecule has 0 unspecified atom stereocenters. The summed E-state index contributed by atoms with van der Waals surface area (Å²) in [6, 6.07) is 20.1. The lowest BCUT2D eigenvalue weighted by Gasteiger charge is -2.36. The van der Waals surface area contributed by atoms with Crippen molar-refractivity contribution >= 4 is 28.2 Å². The monoisotopic (exact) mass is 399 g/mol. The highest BCUT2D eigenvalue weighted by Crippen LogP contribution is 2.27. The molecule has 6 nitrogen and oxygen atoms in total. The minimum Gasteiger partial charge on any atom is -0.353 e. The lowest BCUT2D eigenvalue weighted by molar-refractivity contribution is -0.119. The Morgan fingerprint density at radius 1 is 1.07 bits per heavy atom. The number of anilines is 2. The first-order valence-electron chi connectivity index (χ1n) is 10.3. The van der Waals surface area contributed by atoms with Crippen LogP contribution in [0.4, 0.5) is 11.5 Å². The van der Waals surface area contributed by atoms with Crippen LogP contribution in [-0.2, 0) is 4.79 Å². The molecule has 2 aromatic carbocycles. The molecule has 1 amide bonds. The molecule has 1 aliphatic heterocycles. The van der Waals surface area contributed by atoms with Crippen molar-refractivity contribution in [3.8, 4) is 6.07 Å². The van der Waals surface area contributed by atoms with Crippen LogP contribution in [0.1, 0.15) is 12.5 Å². The molecule has 0 bridgehead atoms. The second-order valence-corrected chi connectivity index (χ2v) is 7.39. The number of pyridine rings is 1. The SMILES string of the molecule is CCN(C(=O)CN1CCN(c2ncccc2C#N)CC1)c1cccc2ccccc12. The van der Waals surface area contributed by atoms with Crippen LogP contribution in [0.2, 0.25) is 0 Å². The highest BCUT2D eigenvalue weighted by atomic mass is 16.2. The van der Waals surface area contributed by atoms with Gasteiger partial charge in [0.1, 0.15) is 11.9 Å². The van der Waals surface area contributed by atoms with Crippen molar-refractivity contribution in [1.29, 1.82) is 5.26 Å². The first-order chi connectivity index (χ1) is 14.7. The number of aromatic nitrogens is 1. The van der Waals surface area contributed by atoms with Crippen molar-refractivity contribution in [3.63, 3.8) is 0 Å². The first kappa shape index (κ1) is 19.9. The summed E-state index contributed by atoms with van der Waals surface area (Å²) in [5.41, 5.74) is 1.56. The minimum atomic E-state index is 0.109. The third kappa shape index (κ3) is 3.98. The van der Waals surface area contributed by atoms with Gasteiger partial charge in [-0.25, -0.2) is 4.98 Å². The average Bonchev–Trinajstić information content (AvgIpc) is 2.80. The van der Waals surface area contributed by atoms with Gasteiger partial charge in [-0.2, -0.15) is 5.26 Å². The maximum absolute atomic E-state index is 13.2. The number of hydrogen-bond donors (Lipinski definition) is 0. The van der Waals surface area contributed by atoms with E-state index >= 15 is 0 Å². The Kier molecular flexibility index (Phi) is 5.92. The summed E-state index contributed by atoms with van der Waals surface area (Å²) < 4.78 is 0. The average molecular weight is 399 g/mol. The zero-order valence-corrected chi connectivity index (χ0v) is 17.2. The molecule has 1 aromatic heterocycles. The number of nitrogens with zero attached hydrogens (tertiary/aromatic N) is 5. The Morgan fingerprint density at radius 2 is 1.83 bits per heavy atom. The number of amides is 1. The minimum absolute atomic E-state index is 0.109. The van der Waals surface area contributed by atoms with Crippen LogP contribution in [-0.4, -0.2) is 55.1 Å². The van der Waals surface area contributed by atoms with Gasteiger partial charge in [-0.1, -0.05) is 36.4 Å². The summed E-state index contributed by atoms with van der Waals surface area (Å²) in [6.45, 7) is 6.06. The third-order valence-corrected chi connectivity index (χ3v) is 5.61. The van der Waals surface area contributed by atoms with Gasteiger partial charge in [0.15, 0.2) is 0 Å². The number of piperazine rings is 1. The molecule has 1 fully saturated rings. The van der Waals surface area contributed by atoms with E-state index in [0.717, 1.165) is 48.5 Å². The molecule has 1 saturated heterocycles. The smallest absolute Gasteiger partial charge is 0.241 e. The van der Waals surface area contributed by atoms with Gasteiger partial charge in [-0.15, -0.1) is 0 Å². The lowest BCUT2D eigenvalue weighted by Crippen LogP contribution is -2.50. The molecule has 3 aromatic rings. The predicted octanol–water partition coefficient (Wildman–Crippen LogP) is 3.28. The quantitative estimate of drug-likeness (QED) is 0.659. The number of fused-ring (bicyclic) bond motifs is 1. The van der Waals surface area contributed by atoms with Crippen LogP contribution in [0.15, 0.2) is 60.8 Å². The van der Waals surface area contributed by atoms with E-state index in [2.05, 4.69) is 39.1 Å². The Labute approximate surface area is 177 Å². The van der Waals surface area contributed by atoms with Crippen molar-refractivity contribution in [3.05, 3.63) is 66.4 Å². The number of benzene rings is 2. The molecular formula is C24H25N5O. The van der Waals surface area contributed by atoms with Crippen molar-refractivity contribution in [2.45, 2.75) is 6.92 Å². The van der Waals surface area contributed by atoms with Crippen LogP contribution < -0.4 is 9.80 Å². The summed E-state index contributed by atoms with van der Waals surface area (Å²) in [6.07, 6.45) is 1.72. The number of carbonyl (C=O) groups is 1. The highest BCUT2D eigenvalue weighted by molar-refractivity contribution is 6.04. The lowest BCUT2D eigenvalue weighted by atomic mass is 10.1. The Hall–Kier alpha value is -3.43. The summed E-state index contributed by atoms with van der Waals surface area (Å²) in [5, 5.41) is 11.5. The molecule has 0 spiro atoms. The zero-order chi connectivity index (χ0) is 20.9. The number of rotatable bonds is 5. The Morgan fingerprint density at radius 3 is 2.60 bits per heavy atom. The van der Waals surface area contributed by atoms with Gasteiger partial charge in [0, 0.05) is 44.3 Å². The normalized spacial score (nSPS) is 14.5. The van der Waals surface area contributed by atoms with E-state index in [9.17, 15) is 10.1 Å². The number of likely N-dealkylation sites (N-methyl/N-ethyl adjacent to an activating group) is 1. The van der Waals surface area contributed by atoms with Gasteiger partial charge >= 0.3 is 0 Å². The molecule has 6 heteroatoms. The van der Waals surface area contributed by atoms with Crippen molar-refractivity contribution < 1.29 is 4.79 Å². The number of nitriles is 1. The second kappa shape index (κ2) is 8.93. The number of carbonyl (C=O) groups excluding carboxylic acids is 1. The fourth-order valence-electron chi connectivity index (χ4n) is 4.06. The summed E-state index contributed by atoms with van der Waals surface area (Å²) in [5.74, 6) is 0.842. The molecular weight excluding hydrogens is 374 g/mol. The van der Waals surface area contributed by atoms with Gasteiger partial charge in [0.05, 0.1) is 17.8 Å². The third-order valence-electron chi connectivity index (χ3n) is 5.61. The van der Waals surface area contributed by atoms with Crippen LogP contribution in [0.3, 0.4) is 0 Å². The van der Waals surface area contributed by atoms with Gasteiger partial charge in [0.2, 0.25) is 5.91 Å². The van der Waals surface area contributed by atoms with Crippen molar-refractivity contribution in [2.24, 2.45) is 0 Å². The molecule has 0 saturated carbocycles. The van der Waals surface area contributed by atoms with Gasteiger partial charge in [0.25, 0.3) is 0 Å². The van der Waals surface area contributed by atoms with E-state index < -0.39 is 0 Å². The van der Waals surface area contributed by atoms with E-state index in [1.165, 1.54) is 0 Å². The van der Waals surface area contributed by atoms with Gasteiger partial charge in [-0.05, 0) is 30.5 Å². The highest BCUT2D eigenvalue weighted by Gasteiger charge is 2.24. The Bertz CT molecular complexity index is 1080. The summed E-state index contributed by atoms with van der Waals surface area (Å²) in [4.78, 5) is 23.7.